The molecule has 0 aliphatic heterocycles. The lowest BCUT2D eigenvalue weighted by Gasteiger charge is -2.30. The normalized spacial score (nSPS) is 11.2. The van der Waals surface area contributed by atoms with Crippen molar-refractivity contribution in [2.45, 2.75) is 33.2 Å². The Hall–Kier alpha value is -1.48. The minimum absolute atomic E-state index is 0.345. The smallest absolute Gasteiger partial charge is 0.328 e. The Morgan fingerprint density at radius 1 is 1.47 bits per heavy atom. The van der Waals surface area contributed by atoms with Crippen molar-refractivity contribution in [2.75, 3.05) is 11.4 Å². The van der Waals surface area contributed by atoms with Crippen LogP contribution in [-0.4, -0.2) is 23.7 Å². The van der Waals surface area contributed by atoms with Gasteiger partial charge in [0.15, 0.2) is 0 Å². The summed E-state index contributed by atoms with van der Waals surface area (Å²) < 4.78 is 0. The summed E-state index contributed by atoms with van der Waals surface area (Å²) in [4.78, 5) is 12.9. The second-order valence-electron chi connectivity index (χ2n) is 4.66. The summed E-state index contributed by atoms with van der Waals surface area (Å²) in [5.41, 5.74) is 1.84. The van der Waals surface area contributed by atoms with E-state index < -0.39 is 5.97 Å². The number of carbonyl (C=O) groups is 1. The molecule has 0 saturated carbocycles. The SMILES string of the molecule is CCCN(c1ccc(Cl)cc1/C=C/C(=O)O)C(C)C. The number of hydrogen-bond donors (Lipinski definition) is 1. The van der Waals surface area contributed by atoms with E-state index in [-0.39, 0.29) is 0 Å². The fourth-order valence-corrected chi connectivity index (χ4v) is 2.16. The molecule has 104 valence electrons. The van der Waals surface area contributed by atoms with Crippen molar-refractivity contribution in [3.63, 3.8) is 0 Å². The van der Waals surface area contributed by atoms with Gasteiger partial charge in [-0.05, 0) is 50.1 Å². The zero-order chi connectivity index (χ0) is 14.4. The van der Waals surface area contributed by atoms with Crippen LogP contribution >= 0.6 is 11.6 Å². The molecule has 0 spiro atoms. The zero-order valence-electron chi connectivity index (χ0n) is 11.6. The number of aliphatic carboxylic acids is 1. The number of nitrogens with zero attached hydrogens (tertiary/aromatic N) is 1. The van der Waals surface area contributed by atoms with E-state index >= 15 is 0 Å². The first kappa shape index (κ1) is 15.6. The number of carboxylic acid groups (broad SMARTS) is 1. The summed E-state index contributed by atoms with van der Waals surface area (Å²) in [6.07, 6.45) is 3.76. The second-order valence-corrected chi connectivity index (χ2v) is 5.10. The number of anilines is 1. The summed E-state index contributed by atoms with van der Waals surface area (Å²) in [6, 6.07) is 5.92. The number of carboxylic acids is 1. The first-order valence-electron chi connectivity index (χ1n) is 6.43. The molecule has 0 atom stereocenters. The van der Waals surface area contributed by atoms with E-state index in [0.717, 1.165) is 30.3 Å². The van der Waals surface area contributed by atoms with Crippen molar-refractivity contribution in [3.05, 3.63) is 34.9 Å². The number of benzene rings is 1. The standard InChI is InChI=1S/C15H20ClNO2/c1-4-9-17(11(2)3)14-7-6-13(16)10-12(14)5-8-15(18)19/h5-8,10-11H,4,9H2,1-3H3,(H,18,19)/b8-5+. The van der Waals surface area contributed by atoms with Crippen LogP contribution in [0.4, 0.5) is 5.69 Å². The summed E-state index contributed by atoms with van der Waals surface area (Å²) in [5.74, 6) is -0.961. The summed E-state index contributed by atoms with van der Waals surface area (Å²) in [7, 11) is 0. The maximum Gasteiger partial charge on any atom is 0.328 e. The van der Waals surface area contributed by atoms with Crippen molar-refractivity contribution in [3.8, 4) is 0 Å². The third-order valence-corrected chi connectivity index (χ3v) is 3.03. The molecule has 4 heteroatoms. The molecule has 0 aliphatic carbocycles. The Bertz CT molecular complexity index is 469. The molecule has 19 heavy (non-hydrogen) atoms. The molecular weight excluding hydrogens is 262 g/mol. The van der Waals surface area contributed by atoms with Gasteiger partial charge in [0.1, 0.15) is 0 Å². The number of rotatable bonds is 6. The van der Waals surface area contributed by atoms with Crippen molar-refractivity contribution < 1.29 is 9.90 Å². The highest BCUT2D eigenvalue weighted by Gasteiger charge is 2.13. The fraction of sp³-hybridized carbons (Fsp3) is 0.400. The third-order valence-electron chi connectivity index (χ3n) is 2.79. The van der Waals surface area contributed by atoms with Crippen LogP contribution in [0.1, 0.15) is 32.8 Å². The average molecular weight is 282 g/mol. The van der Waals surface area contributed by atoms with Gasteiger partial charge in [0, 0.05) is 29.4 Å². The van der Waals surface area contributed by atoms with Crippen molar-refractivity contribution in [2.24, 2.45) is 0 Å². The van der Waals surface area contributed by atoms with Gasteiger partial charge in [-0.15, -0.1) is 0 Å². The van der Waals surface area contributed by atoms with E-state index in [1.54, 1.807) is 12.1 Å². The molecule has 0 aliphatic rings. The molecule has 1 N–H and O–H groups in total. The first-order chi connectivity index (χ1) is 8.95. The van der Waals surface area contributed by atoms with E-state index in [0.29, 0.717) is 11.1 Å². The van der Waals surface area contributed by atoms with E-state index in [4.69, 9.17) is 16.7 Å². The number of halogens is 1. The average Bonchev–Trinajstić information content (AvgIpc) is 2.34. The predicted molar refractivity (Wildman–Crippen MR) is 80.9 cm³/mol. The molecular formula is C15H20ClNO2. The van der Waals surface area contributed by atoms with Gasteiger partial charge in [0.05, 0.1) is 0 Å². The molecule has 0 fully saturated rings. The Kier molecular flexibility index (Phi) is 5.90. The molecule has 3 nitrogen and oxygen atoms in total. The molecule has 1 aromatic rings. The Balaban J connectivity index is 3.20. The van der Waals surface area contributed by atoms with Gasteiger partial charge in [-0.3, -0.25) is 0 Å². The fourth-order valence-electron chi connectivity index (χ4n) is 1.98. The van der Waals surface area contributed by atoms with Crippen LogP contribution in [-0.2, 0) is 4.79 Å². The van der Waals surface area contributed by atoms with Crippen LogP contribution in [0.5, 0.6) is 0 Å². The summed E-state index contributed by atoms with van der Waals surface area (Å²) in [5, 5.41) is 9.36. The zero-order valence-corrected chi connectivity index (χ0v) is 12.3. The molecule has 1 aromatic carbocycles. The van der Waals surface area contributed by atoms with Gasteiger partial charge in [-0.1, -0.05) is 18.5 Å². The van der Waals surface area contributed by atoms with Crippen LogP contribution in [0, 0.1) is 0 Å². The number of hydrogen-bond acceptors (Lipinski definition) is 2. The van der Waals surface area contributed by atoms with Gasteiger partial charge in [0.25, 0.3) is 0 Å². The van der Waals surface area contributed by atoms with Gasteiger partial charge in [-0.2, -0.15) is 0 Å². The van der Waals surface area contributed by atoms with Gasteiger partial charge in [0.2, 0.25) is 0 Å². The molecule has 0 saturated heterocycles. The van der Waals surface area contributed by atoms with E-state index in [9.17, 15) is 4.79 Å². The van der Waals surface area contributed by atoms with Gasteiger partial charge in [-0.25, -0.2) is 4.79 Å². The molecule has 0 amide bonds. The minimum atomic E-state index is -0.961. The first-order valence-corrected chi connectivity index (χ1v) is 6.80. The lowest BCUT2D eigenvalue weighted by atomic mass is 10.1. The van der Waals surface area contributed by atoms with Crippen LogP contribution in [0.3, 0.4) is 0 Å². The Morgan fingerprint density at radius 2 is 2.16 bits per heavy atom. The lowest BCUT2D eigenvalue weighted by Crippen LogP contribution is -2.31. The molecule has 0 unspecified atom stereocenters. The van der Waals surface area contributed by atoms with Gasteiger partial charge >= 0.3 is 5.97 Å². The molecule has 0 heterocycles. The van der Waals surface area contributed by atoms with E-state index in [1.807, 2.05) is 12.1 Å². The Labute approximate surface area is 119 Å². The predicted octanol–water partition coefficient (Wildman–Crippen LogP) is 4.06. The van der Waals surface area contributed by atoms with Crippen LogP contribution in [0.15, 0.2) is 24.3 Å². The molecule has 0 aromatic heterocycles. The van der Waals surface area contributed by atoms with Crippen molar-refractivity contribution >= 4 is 29.3 Å². The van der Waals surface area contributed by atoms with Crippen molar-refractivity contribution in [1.29, 1.82) is 0 Å². The largest absolute Gasteiger partial charge is 0.478 e. The van der Waals surface area contributed by atoms with Gasteiger partial charge < -0.3 is 10.0 Å². The molecule has 0 radical (unpaired) electrons. The highest BCUT2D eigenvalue weighted by molar-refractivity contribution is 6.30. The van der Waals surface area contributed by atoms with Crippen molar-refractivity contribution in [1.82, 2.24) is 0 Å². The second kappa shape index (κ2) is 7.19. The highest BCUT2D eigenvalue weighted by Crippen LogP contribution is 2.27. The molecule has 0 bridgehead atoms. The molecule has 1 rings (SSSR count). The maximum absolute atomic E-state index is 10.7. The minimum Gasteiger partial charge on any atom is -0.478 e. The highest BCUT2D eigenvalue weighted by atomic mass is 35.5. The monoisotopic (exact) mass is 281 g/mol. The Morgan fingerprint density at radius 3 is 2.68 bits per heavy atom. The summed E-state index contributed by atoms with van der Waals surface area (Å²) >= 11 is 5.99. The van der Waals surface area contributed by atoms with Crippen LogP contribution < -0.4 is 4.90 Å². The third kappa shape index (κ3) is 4.60. The lowest BCUT2D eigenvalue weighted by molar-refractivity contribution is -0.131. The summed E-state index contributed by atoms with van der Waals surface area (Å²) in [6.45, 7) is 7.29. The quantitative estimate of drug-likeness (QED) is 0.799. The maximum atomic E-state index is 10.7. The topological polar surface area (TPSA) is 40.5 Å². The van der Waals surface area contributed by atoms with E-state index in [2.05, 4.69) is 25.7 Å². The van der Waals surface area contributed by atoms with E-state index in [1.165, 1.54) is 0 Å². The van der Waals surface area contributed by atoms with Crippen LogP contribution in [0.25, 0.3) is 6.08 Å². The van der Waals surface area contributed by atoms with Crippen LogP contribution in [0.2, 0.25) is 5.02 Å².